The van der Waals surface area contributed by atoms with Crippen LogP contribution in [0.4, 0.5) is 0 Å². The number of benzene rings is 2. The van der Waals surface area contributed by atoms with Crippen LogP contribution >= 0.6 is 0 Å². The lowest BCUT2D eigenvalue weighted by Gasteiger charge is -2.43. The minimum Gasteiger partial charge on any atom is -0.372 e. The lowest BCUT2D eigenvalue weighted by atomic mass is 9.93. The third kappa shape index (κ3) is 4.48. The standard InChI is InChI=1S/C22H26N2O/c1-18(20-11-6-3-7-12-20)24-16-8-13-22(21(24)14-15-23)25-17-19-9-4-2-5-10-19/h2-7,9-12,18,21-22H,8,13-14,16-17H2,1H3/t18-,21-,22+/m1/s1. The molecule has 1 saturated heterocycles. The molecule has 0 aliphatic carbocycles. The molecule has 0 amide bonds. The second-order valence-electron chi connectivity index (χ2n) is 6.73. The van der Waals surface area contributed by atoms with Gasteiger partial charge in [-0.15, -0.1) is 0 Å². The van der Waals surface area contributed by atoms with Gasteiger partial charge in [0.15, 0.2) is 0 Å². The van der Waals surface area contributed by atoms with Gasteiger partial charge in [0.1, 0.15) is 0 Å². The molecule has 0 spiro atoms. The minimum atomic E-state index is 0.111. The van der Waals surface area contributed by atoms with Crippen LogP contribution in [0.25, 0.3) is 0 Å². The van der Waals surface area contributed by atoms with Gasteiger partial charge in [-0.25, -0.2) is 0 Å². The highest BCUT2D eigenvalue weighted by Crippen LogP contribution is 2.31. The summed E-state index contributed by atoms with van der Waals surface area (Å²) in [6.45, 7) is 3.87. The summed E-state index contributed by atoms with van der Waals surface area (Å²) in [5, 5.41) is 9.36. The van der Waals surface area contributed by atoms with Crippen LogP contribution in [0.1, 0.15) is 43.4 Å². The maximum Gasteiger partial charge on any atom is 0.0745 e. The Kier molecular flexibility index (Phi) is 6.22. The van der Waals surface area contributed by atoms with Crippen molar-refractivity contribution in [2.75, 3.05) is 6.54 Å². The smallest absolute Gasteiger partial charge is 0.0745 e. The van der Waals surface area contributed by atoms with E-state index < -0.39 is 0 Å². The van der Waals surface area contributed by atoms with E-state index in [1.54, 1.807) is 0 Å². The van der Waals surface area contributed by atoms with Crippen LogP contribution in [-0.4, -0.2) is 23.6 Å². The number of hydrogen-bond acceptors (Lipinski definition) is 3. The second-order valence-corrected chi connectivity index (χ2v) is 6.73. The lowest BCUT2D eigenvalue weighted by Crippen LogP contribution is -2.49. The average Bonchev–Trinajstić information content (AvgIpc) is 2.68. The topological polar surface area (TPSA) is 36.3 Å². The highest BCUT2D eigenvalue weighted by molar-refractivity contribution is 5.19. The Hall–Kier alpha value is -2.15. The fourth-order valence-electron chi connectivity index (χ4n) is 3.76. The Bertz CT molecular complexity index is 680. The van der Waals surface area contributed by atoms with Gasteiger partial charge < -0.3 is 4.74 Å². The molecule has 0 saturated carbocycles. The first kappa shape index (κ1) is 17.7. The largest absolute Gasteiger partial charge is 0.372 e. The molecule has 3 rings (SSSR count). The van der Waals surface area contributed by atoms with Crippen LogP contribution in [0.3, 0.4) is 0 Å². The van der Waals surface area contributed by atoms with Crippen molar-refractivity contribution in [1.29, 1.82) is 5.26 Å². The van der Waals surface area contributed by atoms with Gasteiger partial charge in [0, 0.05) is 12.1 Å². The zero-order valence-electron chi connectivity index (χ0n) is 14.8. The van der Waals surface area contributed by atoms with E-state index in [1.165, 1.54) is 11.1 Å². The summed E-state index contributed by atoms with van der Waals surface area (Å²) in [5.41, 5.74) is 2.49. The molecule has 2 aromatic rings. The van der Waals surface area contributed by atoms with E-state index in [9.17, 15) is 5.26 Å². The molecule has 130 valence electrons. The zero-order valence-corrected chi connectivity index (χ0v) is 14.8. The predicted molar refractivity (Wildman–Crippen MR) is 99.8 cm³/mol. The van der Waals surface area contributed by atoms with Gasteiger partial charge >= 0.3 is 0 Å². The fraction of sp³-hybridized carbons (Fsp3) is 0.409. The number of hydrogen-bond donors (Lipinski definition) is 0. The monoisotopic (exact) mass is 334 g/mol. The molecule has 3 atom stereocenters. The highest BCUT2D eigenvalue weighted by atomic mass is 16.5. The molecule has 0 aromatic heterocycles. The van der Waals surface area contributed by atoms with Crippen LogP contribution in [0.5, 0.6) is 0 Å². The molecule has 1 aliphatic rings. The molecule has 0 N–H and O–H groups in total. The zero-order chi connectivity index (χ0) is 17.5. The summed E-state index contributed by atoms with van der Waals surface area (Å²) in [4.78, 5) is 2.46. The van der Waals surface area contributed by atoms with Gasteiger partial charge in [0.25, 0.3) is 0 Å². The maximum absolute atomic E-state index is 9.36. The first-order valence-corrected chi connectivity index (χ1v) is 9.12. The Labute approximate surface area is 150 Å². The molecular weight excluding hydrogens is 308 g/mol. The molecule has 0 radical (unpaired) electrons. The lowest BCUT2D eigenvalue weighted by molar-refractivity contribution is -0.0611. The van der Waals surface area contributed by atoms with E-state index in [-0.39, 0.29) is 12.1 Å². The van der Waals surface area contributed by atoms with Gasteiger partial charge in [-0.05, 0) is 37.4 Å². The second kappa shape index (κ2) is 8.80. The third-order valence-corrected chi connectivity index (χ3v) is 5.15. The van der Waals surface area contributed by atoms with Gasteiger partial charge in [0.05, 0.1) is 25.2 Å². The fourth-order valence-corrected chi connectivity index (χ4v) is 3.76. The van der Waals surface area contributed by atoms with Crippen LogP contribution < -0.4 is 0 Å². The van der Waals surface area contributed by atoms with Gasteiger partial charge in [-0.3, -0.25) is 4.90 Å². The maximum atomic E-state index is 9.36. The average molecular weight is 334 g/mol. The van der Waals surface area contributed by atoms with Crippen molar-refractivity contribution in [2.24, 2.45) is 0 Å². The van der Waals surface area contributed by atoms with Crippen LogP contribution in [0.15, 0.2) is 60.7 Å². The van der Waals surface area contributed by atoms with E-state index in [2.05, 4.69) is 54.3 Å². The number of nitriles is 1. The van der Waals surface area contributed by atoms with Crippen molar-refractivity contribution >= 4 is 0 Å². The van der Waals surface area contributed by atoms with E-state index in [4.69, 9.17) is 4.74 Å². The van der Waals surface area contributed by atoms with Gasteiger partial charge in [-0.2, -0.15) is 5.26 Å². The Balaban J connectivity index is 1.71. The molecule has 1 aliphatic heterocycles. The van der Waals surface area contributed by atoms with E-state index in [1.807, 2.05) is 24.3 Å². The number of piperidine rings is 1. The minimum absolute atomic E-state index is 0.111. The summed E-state index contributed by atoms with van der Waals surface area (Å²) < 4.78 is 6.26. The summed E-state index contributed by atoms with van der Waals surface area (Å²) in [5.74, 6) is 0. The Morgan fingerprint density at radius 2 is 1.80 bits per heavy atom. The number of nitrogens with zero attached hydrogens (tertiary/aromatic N) is 2. The first-order chi connectivity index (χ1) is 12.3. The number of rotatable bonds is 6. The molecule has 2 aromatic carbocycles. The summed E-state index contributed by atoms with van der Waals surface area (Å²) in [6, 6.07) is 23.6. The van der Waals surface area contributed by atoms with Crippen LogP contribution in [-0.2, 0) is 11.3 Å². The first-order valence-electron chi connectivity index (χ1n) is 9.12. The SMILES string of the molecule is C[C@H](c1ccccc1)N1CCC[C@H](OCc2ccccc2)[C@H]1CC#N. The van der Waals surface area contributed by atoms with Crippen LogP contribution in [0, 0.1) is 11.3 Å². The van der Waals surface area contributed by atoms with Crippen molar-refractivity contribution in [3.63, 3.8) is 0 Å². The van der Waals surface area contributed by atoms with Crippen molar-refractivity contribution < 1.29 is 4.74 Å². The van der Waals surface area contributed by atoms with Crippen LogP contribution in [0.2, 0.25) is 0 Å². The van der Waals surface area contributed by atoms with E-state index in [0.717, 1.165) is 19.4 Å². The van der Waals surface area contributed by atoms with E-state index >= 15 is 0 Å². The summed E-state index contributed by atoms with van der Waals surface area (Å²) in [7, 11) is 0. The number of likely N-dealkylation sites (tertiary alicyclic amines) is 1. The van der Waals surface area contributed by atoms with Gasteiger partial charge in [-0.1, -0.05) is 60.7 Å². The molecular formula is C22H26N2O. The third-order valence-electron chi connectivity index (χ3n) is 5.15. The molecule has 0 bridgehead atoms. The van der Waals surface area contributed by atoms with Crippen molar-refractivity contribution in [3.05, 3.63) is 71.8 Å². The summed E-state index contributed by atoms with van der Waals surface area (Å²) >= 11 is 0. The van der Waals surface area contributed by atoms with Crippen molar-refractivity contribution in [1.82, 2.24) is 4.90 Å². The molecule has 1 fully saturated rings. The van der Waals surface area contributed by atoms with Gasteiger partial charge in [0.2, 0.25) is 0 Å². The normalized spacial score (nSPS) is 22.2. The Morgan fingerprint density at radius 1 is 1.12 bits per heavy atom. The Morgan fingerprint density at radius 3 is 2.48 bits per heavy atom. The summed E-state index contributed by atoms with van der Waals surface area (Å²) in [6.07, 6.45) is 2.76. The quantitative estimate of drug-likeness (QED) is 0.767. The molecule has 25 heavy (non-hydrogen) atoms. The number of ether oxygens (including phenoxy) is 1. The predicted octanol–water partition coefficient (Wildman–Crippen LogP) is 4.71. The van der Waals surface area contributed by atoms with E-state index in [0.29, 0.717) is 19.1 Å². The molecule has 0 unspecified atom stereocenters. The highest BCUT2D eigenvalue weighted by Gasteiger charge is 2.34. The molecule has 1 heterocycles. The van der Waals surface area contributed by atoms with Crippen molar-refractivity contribution in [3.8, 4) is 6.07 Å². The van der Waals surface area contributed by atoms with Crippen molar-refractivity contribution in [2.45, 2.75) is 51.0 Å². The molecule has 3 heteroatoms. The molecule has 3 nitrogen and oxygen atoms in total.